The second-order valence-electron chi connectivity index (χ2n) is 5.35. The van der Waals surface area contributed by atoms with E-state index < -0.39 is 29.5 Å². The van der Waals surface area contributed by atoms with Crippen LogP contribution in [-0.4, -0.2) is 35.5 Å². The Balaban J connectivity index is 2.50. The quantitative estimate of drug-likeness (QED) is 0.566. The van der Waals surface area contributed by atoms with E-state index in [2.05, 4.69) is 9.89 Å². The average molecular weight is 406 g/mol. The van der Waals surface area contributed by atoms with E-state index in [0.717, 1.165) is 6.07 Å². The third-order valence-electron chi connectivity index (χ3n) is 3.37. The number of alkyl halides is 3. The zero-order valence-electron chi connectivity index (χ0n) is 14.2. The molecule has 1 amide bonds. The van der Waals surface area contributed by atoms with Crippen LogP contribution in [0.4, 0.5) is 19.0 Å². The van der Waals surface area contributed by atoms with Crippen LogP contribution in [0.15, 0.2) is 34.9 Å². The summed E-state index contributed by atoms with van der Waals surface area (Å²) in [5.74, 6) is -3.23. The fraction of sp³-hybridized carbons (Fsp3) is 0.312. The van der Waals surface area contributed by atoms with Gasteiger partial charge in [-0.15, -0.1) is 0 Å². The van der Waals surface area contributed by atoms with Crippen molar-refractivity contribution in [2.75, 3.05) is 11.9 Å². The number of halogens is 4. The Morgan fingerprint density at radius 1 is 1.30 bits per heavy atom. The first kappa shape index (κ1) is 20.6. The molecule has 0 aliphatic heterocycles. The molecule has 0 radical (unpaired) electrons. The highest BCUT2D eigenvalue weighted by Crippen LogP contribution is 2.33. The number of aromatic nitrogens is 1. The van der Waals surface area contributed by atoms with Crippen LogP contribution < -0.4 is 10.6 Å². The van der Waals surface area contributed by atoms with Crippen LogP contribution in [-0.2, 0) is 9.53 Å². The second-order valence-corrected chi connectivity index (χ2v) is 5.76. The number of nitrogens with one attached hydrogen (secondary N) is 2. The van der Waals surface area contributed by atoms with Gasteiger partial charge in [0.15, 0.2) is 5.82 Å². The summed E-state index contributed by atoms with van der Waals surface area (Å²) in [5.41, 5.74) is -3.86. The first-order chi connectivity index (χ1) is 12.6. The number of rotatable bonds is 6. The summed E-state index contributed by atoms with van der Waals surface area (Å²) in [6.45, 7) is 2.42. The maximum Gasteiger partial charge on any atom is 0.441 e. The highest BCUT2D eigenvalue weighted by Gasteiger charge is 2.64. The average Bonchev–Trinajstić information content (AvgIpc) is 2.98. The minimum Gasteiger partial charge on any atom is -0.463 e. The Morgan fingerprint density at radius 3 is 2.48 bits per heavy atom. The summed E-state index contributed by atoms with van der Waals surface area (Å²) in [6, 6.07) is 6.57. The van der Waals surface area contributed by atoms with Gasteiger partial charge >= 0.3 is 17.8 Å². The minimum atomic E-state index is -5.29. The van der Waals surface area contributed by atoms with E-state index >= 15 is 0 Å². The van der Waals surface area contributed by atoms with Crippen LogP contribution in [0.1, 0.15) is 23.0 Å². The normalized spacial score (nSPS) is 13.6. The predicted octanol–water partition coefficient (Wildman–Crippen LogP) is 3.30. The van der Waals surface area contributed by atoms with E-state index in [-0.39, 0.29) is 23.0 Å². The molecule has 11 heteroatoms. The molecule has 2 rings (SSSR count). The fourth-order valence-electron chi connectivity index (χ4n) is 2.13. The van der Waals surface area contributed by atoms with Crippen molar-refractivity contribution in [1.82, 2.24) is 10.5 Å². The van der Waals surface area contributed by atoms with Crippen LogP contribution in [0.2, 0.25) is 5.02 Å². The lowest BCUT2D eigenvalue weighted by Crippen LogP contribution is -2.69. The molecule has 1 atom stereocenters. The van der Waals surface area contributed by atoms with Gasteiger partial charge in [0, 0.05) is 6.07 Å². The molecule has 0 bridgehead atoms. The number of carbonyl (C=O) groups excluding carboxylic acids is 2. The van der Waals surface area contributed by atoms with Crippen LogP contribution in [0.5, 0.6) is 0 Å². The Kier molecular flexibility index (Phi) is 5.99. The predicted molar refractivity (Wildman–Crippen MR) is 89.2 cm³/mol. The summed E-state index contributed by atoms with van der Waals surface area (Å²) in [6.07, 6.45) is -5.29. The summed E-state index contributed by atoms with van der Waals surface area (Å²) in [7, 11) is 0. The topological polar surface area (TPSA) is 93.5 Å². The van der Waals surface area contributed by atoms with E-state index in [9.17, 15) is 22.8 Å². The molecule has 2 N–H and O–H groups in total. The van der Waals surface area contributed by atoms with E-state index in [1.807, 2.05) is 5.32 Å². The molecule has 146 valence electrons. The number of carbonyl (C=O) groups is 2. The van der Waals surface area contributed by atoms with E-state index in [4.69, 9.17) is 16.1 Å². The molecule has 0 aliphatic rings. The van der Waals surface area contributed by atoms with Crippen LogP contribution in [0.25, 0.3) is 0 Å². The highest BCUT2D eigenvalue weighted by molar-refractivity contribution is 6.33. The Labute approximate surface area is 156 Å². The molecule has 1 heterocycles. The third kappa shape index (κ3) is 4.33. The molecule has 1 aromatic heterocycles. The Bertz CT molecular complexity index is 840. The lowest BCUT2D eigenvalue weighted by atomic mass is 10.1. The first-order valence-electron chi connectivity index (χ1n) is 7.63. The van der Waals surface area contributed by atoms with Crippen molar-refractivity contribution in [3.8, 4) is 0 Å². The SMILES string of the molecule is CCOC(=O)[C@@](NC(=O)c1ccccc1Cl)(Nc1cc(C)on1)C(F)(F)F. The van der Waals surface area contributed by atoms with Crippen LogP contribution in [0, 0.1) is 6.92 Å². The molecule has 0 fully saturated rings. The van der Waals surface area contributed by atoms with Gasteiger partial charge in [0.1, 0.15) is 5.76 Å². The van der Waals surface area contributed by atoms with Gasteiger partial charge in [0.05, 0.1) is 17.2 Å². The second kappa shape index (κ2) is 7.87. The van der Waals surface area contributed by atoms with Gasteiger partial charge in [-0.3, -0.25) is 4.79 Å². The first-order valence-corrected chi connectivity index (χ1v) is 8.01. The maximum absolute atomic E-state index is 13.9. The minimum absolute atomic E-state index is 0.0905. The number of ether oxygens (including phenoxy) is 1. The summed E-state index contributed by atoms with van der Waals surface area (Å²) in [5, 5.41) is 6.83. The van der Waals surface area contributed by atoms with Crippen molar-refractivity contribution >= 4 is 29.3 Å². The molecule has 2 aromatic rings. The number of benzene rings is 1. The number of anilines is 1. The van der Waals surface area contributed by atoms with Crippen molar-refractivity contribution in [1.29, 1.82) is 0 Å². The highest BCUT2D eigenvalue weighted by atomic mass is 35.5. The molecule has 0 saturated carbocycles. The van der Waals surface area contributed by atoms with Gasteiger partial charge in [-0.2, -0.15) is 13.2 Å². The van der Waals surface area contributed by atoms with Gasteiger partial charge in [-0.25, -0.2) is 4.79 Å². The molecule has 7 nitrogen and oxygen atoms in total. The molecule has 1 aromatic carbocycles. The van der Waals surface area contributed by atoms with Gasteiger partial charge in [0.25, 0.3) is 5.91 Å². The van der Waals surface area contributed by atoms with Gasteiger partial charge in [-0.05, 0) is 26.0 Å². The van der Waals surface area contributed by atoms with E-state index in [1.54, 1.807) is 5.32 Å². The van der Waals surface area contributed by atoms with Crippen LogP contribution in [0.3, 0.4) is 0 Å². The van der Waals surface area contributed by atoms with Gasteiger partial charge in [-0.1, -0.05) is 28.9 Å². The number of hydrogen-bond acceptors (Lipinski definition) is 6. The van der Waals surface area contributed by atoms with Crippen molar-refractivity contribution in [2.24, 2.45) is 0 Å². The standard InChI is InChI=1S/C16H15ClF3N3O4/c1-3-26-14(25)15(16(18,19)20,21-12-8-9(2)27-23-12)22-13(24)10-6-4-5-7-11(10)17/h4-8H,3H2,1-2H3,(H,21,23)(H,22,24)/t15-/m0/s1. The zero-order chi connectivity index (χ0) is 20.2. The van der Waals surface area contributed by atoms with Gasteiger partial charge < -0.3 is 19.9 Å². The number of aryl methyl sites for hydroxylation is 1. The van der Waals surface area contributed by atoms with Crippen molar-refractivity contribution in [3.63, 3.8) is 0 Å². The number of amides is 1. The smallest absolute Gasteiger partial charge is 0.441 e. The molecule has 0 unspecified atom stereocenters. The zero-order valence-corrected chi connectivity index (χ0v) is 14.9. The Morgan fingerprint density at radius 2 is 1.96 bits per heavy atom. The fourth-order valence-corrected chi connectivity index (χ4v) is 2.35. The summed E-state index contributed by atoms with van der Waals surface area (Å²) < 4.78 is 51.1. The largest absolute Gasteiger partial charge is 0.463 e. The monoisotopic (exact) mass is 405 g/mol. The number of hydrogen-bond donors (Lipinski definition) is 2. The summed E-state index contributed by atoms with van der Waals surface area (Å²) >= 11 is 5.86. The lowest BCUT2D eigenvalue weighted by Gasteiger charge is -2.34. The lowest BCUT2D eigenvalue weighted by molar-refractivity contribution is -0.204. The van der Waals surface area contributed by atoms with Crippen LogP contribution >= 0.6 is 11.6 Å². The Hall–Kier alpha value is -2.75. The van der Waals surface area contributed by atoms with Crippen molar-refractivity contribution in [2.45, 2.75) is 25.7 Å². The summed E-state index contributed by atoms with van der Waals surface area (Å²) in [4.78, 5) is 24.7. The molecule has 0 aliphatic carbocycles. The molecule has 0 saturated heterocycles. The molecule has 27 heavy (non-hydrogen) atoms. The van der Waals surface area contributed by atoms with Crippen molar-refractivity contribution < 1.29 is 32.0 Å². The third-order valence-corrected chi connectivity index (χ3v) is 3.70. The van der Waals surface area contributed by atoms with E-state index in [0.29, 0.717) is 0 Å². The number of esters is 1. The van der Waals surface area contributed by atoms with Crippen molar-refractivity contribution in [3.05, 3.63) is 46.7 Å². The molecular formula is C16H15ClF3N3O4. The van der Waals surface area contributed by atoms with E-state index in [1.165, 1.54) is 38.1 Å². The molecular weight excluding hydrogens is 391 g/mol. The molecule has 0 spiro atoms. The maximum atomic E-state index is 13.9. The van der Waals surface area contributed by atoms with Gasteiger partial charge in [0.2, 0.25) is 0 Å². The number of nitrogens with zero attached hydrogens (tertiary/aromatic N) is 1.